The highest BCUT2D eigenvalue weighted by Gasteiger charge is 2.10. The summed E-state index contributed by atoms with van der Waals surface area (Å²) in [5.74, 6) is -0.0544. The summed E-state index contributed by atoms with van der Waals surface area (Å²) in [5, 5.41) is 4.07. The number of nitrogens with one attached hydrogen (secondary N) is 2. The van der Waals surface area contributed by atoms with Crippen LogP contribution in [0.15, 0.2) is 46.5 Å². The van der Waals surface area contributed by atoms with E-state index in [4.69, 9.17) is 23.2 Å². The Balaban J connectivity index is 1.69. The van der Waals surface area contributed by atoms with Crippen LogP contribution in [0.2, 0.25) is 10.0 Å². The average Bonchev–Trinajstić information content (AvgIpc) is 2.56. The number of fused-ring (bicyclic) bond motifs is 1. The van der Waals surface area contributed by atoms with E-state index in [0.29, 0.717) is 21.1 Å². The summed E-state index contributed by atoms with van der Waals surface area (Å²) in [6, 6.07) is 8.48. The molecule has 122 valence electrons. The van der Waals surface area contributed by atoms with E-state index in [0.717, 1.165) is 11.8 Å². The van der Waals surface area contributed by atoms with E-state index in [-0.39, 0.29) is 28.1 Å². The number of rotatable bonds is 4. The number of thioether (sulfide) groups is 1. The molecule has 0 bridgehead atoms. The molecule has 1 aromatic carbocycles. The van der Waals surface area contributed by atoms with Gasteiger partial charge in [0, 0.05) is 6.20 Å². The van der Waals surface area contributed by atoms with E-state index >= 15 is 0 Å². The Morgan fingerprint density at radius 1 is 1.29 bits per heavy atom. The van der Waals surface area contributed by atoms with Crippen LogP contribution in [0.5, 0.6) is 0 Å². The van der Waals surface area contributed by atoms with Crippen LogP contribution in [0.3, 0.4) is 0 Å². The molecule has 9 heteroatoms. The predicted molar refractivity (Wildman–Crippen MR) is 96.0 cm³/mol. The maximum Gasteiger partial charge on any atom is 0.259 e. The Morgan fingerprint density at radius 3 is 2.88 bits per heavy atom. The number of carbonyl (C=O) groups excluding carboxylic acids is 1. The molecule has 2 heterocycles. The van der Waals surface area contributed by atoms with Gasteiger partial charge >= 0.3 is 0 Å². The number of anilines is 1. The SMILES string of the molecule is O=C(CSc1nc2ccccc2c(=O)[nH]1)Nc1ncc(Cl)cc1Cl. The van der Waals surface area contributed by atoms with Crippen molar-refractivity contribution in [1.29, 1.82) is 0 Å². The molecule has 2 aromatic heterocycles. The average molecular weight is 381 g/mol. The number of hydrogen-bond acceptors (Lipinski definition) is 5. The molecule has 0 aliphatic heterocycles. The monoisotopic (exact) mass is 380 g/mol. The van der Waals surface area contributed by atoms with Crippen molar-refractivity contribution in [3.8, 4) is 0 Å². The lowest BCUT2D eigenvalue weighted by Gasteiger charge is -2.06. The van der Waals surface area contributed by atoms with Gasteiger partial charge in [-0.2, -0.15) is 0 Å². The van der Waals surface area contributed by atoms with Gasteiger partial charge in [0.2, 0.25) is 5.91 Å². The number of halogens is 2. The van der Waals surface area contributed by atoms with E-state index in [1.807, 2.05) is 0 Å². The summed E-state index contributed by atoms with van der Waals surface area (Å²) in [4.78, 5) is 34.9. The van der Waals surface area contributed by atoms with Crippen LogP contribution in [0.25, 0.3) is 10.9 Å². The van der Waals surface area contributed by atoms with Gasteiger partial charge in [-0.05, 0) is 18.2 Å². The molecule has 24 heavy (non-hydrogen) atoms. The normalized spacial score (nSPS) is 10.8. The van der Waals surface area contributed by atoms with Crippen LogP contribution >= 0.6 is 35.0 Å². The molecule has 6 nitrogen and oxygen atoms in total. The molecule has 3 rings (SSSR count). The standard InChI is InChI=1S/C15H10Cl2N4O2S/c16-8-5-10(17)13(18-6-8)20-12(22)7-24-15-19-11-4-2-1-3-9(11)14(23)21-15/h1-6H,7H2,(H,18,20,22)(H,19,21,23). The third-order valence-corrected chi connectivity index (χ3v) is 4.36. The molecule has 0 aliphatic rings. The Kier molecular flexibility index (Phi) is 5.03. The molecule has 1 amide bonds. The van der Waals surface area contributed by atoms with Crippen molar-refractivity contribution in [3.63, 3.8) is 0 Å². The second-order valence-electron chi connectivity index (χ2n) is 4.71. The smallest absolute Gasteiger partial charge is 0.259 e. The van der Waals surface area contributed by atoms with Crippen LogP contribution < -0.4 is 10.9 Å². The predicted octanol–water partition coefficient (Wildman–Crippen LogP) is 3.36. The number of carbonyl (C=O) groups is 1. The van der Waals surface area contributed by atoms with Gasteiger partial charge < -0.3 is 10.3 Å². The third-order valence-electron chi connectivity index (χ3n) is 3.00. The molecule has 0 atom stereocenters. The minimum absolute atomic E-state index is 0.0436. The van der Waals surface area contributed by atoms with E-state index in [9.17, 15) is 9.59 Å². The number of hydrogen-bond donors (Lipinski definition) is 2. The van der Waals surface area contributed by atoms with Crippen LogP contribution in [-0.2, 0) is 4.79 Å². The minimum atomic E-state index is -0.326. The second-order valence-corrected chi connectivity index (χ2v) is 6.52. The number of nitrogens with zero attached hydrogens (tertiary/aromatic N) is 2. The van der Waals surface area contributed by atoms with Gasteiger partial charge in [0.25, 0.3) is 5.56 Å². The lowest BCUT2D eigenvalue weighted by Crippen LogP contribution is -2.16. The quantitative estimate of drug-likeness (QED) is 0.535. The van der Waals surface area contributed by atoms with E-state index in [2.05, 4.69) is 20.3 Å². The highest BCUT2D eigenvalue weighted by atomic mass is 35.5. The van der Waals surface area contributed by atoms with E-state index in [1.54, 1.807) is 24.3 Å². The topological polar surface area (TPSA) is 87.7 Å². The van der Waals surface area contributed by atoms with Crippen molar-refractivity contribution >= 4 is 57.6 Å². The van der Waals surface area contributed by atoms with E-state index < -0.39 is 0 Å². The summed E-state index contributed by atoms with van der Waals surface area (Å²) in [6.07, 6.45) is 1.39. The molecule has 0 fully saturated rings. The van der Waals surface area contributed by atoms with Gasteiger partial charge in [-0.15, -0.1) is 0 Å². The van der Waals surface area contributed by atoms with Crippen molar-refractivity contribution in [2.24, 2.45) is 0 Å². The zero-order valence-corrected chi connectivity index (χ0v) is 14.4. The van der Waals surface area contributed by atoms with Crippen molar-refractivity contribution in [3.05, 3.63) is 56.9 Å². The molecular formula is C15H10Cl2N4O2S. The van der Waals surface area contributed by atoms with E-state index in [1.165, 1.54) is 12.3 Å². The first-order valence-corrected chi connectivity index (χ1v) is 8.50. The molecule has 0 unspecified atom stereocenters. The lowest BCUT2D eigenvalue weighted by atomic mass is 10.2. The highest BCUT2D eigenvalue weighted by Crippen LogP contribution is 2.23. The summed E-state index contributed by atoms with van der Waals surface area (Å²) in [7, 11) is 0. The fraction of sp³-hybridized carbons (Fsp3) is 0.0667. The molecule has 0 saturated heterocycles. The zero-order valence-electron chi connectivity index (χ0n) is 12.0. The van der Waals surface area contributed by atoms with Gasteiger partial charge in [0.05, 0.1) is 26.7 Å². The molecule has 0 aliphatic carbocycles. The molecule has 0 saturated carbocycles. The largest absolute Gasteiger partial charge is 0.309 e. The summed E-state index contributed by atoms with van der Waals surface area (Å²) < 4.78 is 0. The van der Waals surface area contributed by atoms with Crippen LogP contribution in [0, 0.1) is 0 Å². The Hall–Kier alpha value is -2.09. The number of aromatic nitrogens is 3. The van der Waals surface area contributed by atoms with Gasteiger partial charge in [0.15, 0.2) is 11.0 Å². The fourth-order valence-corrected chi connectivity index (χ4v) is 3.04. The van der Waals surface area contributed by atoms with Crippen molar-refractivity contribution in [1.82, 2.24) is 15.0 Å². The minimum Gasteiger partial charge on any atom is -0.309 e. The molecular weight excluding hydrogens is 371 g/mol. The van der Waals surface area contributed by atoms with Crippen molar-refractivity contribution in [2.75, 3.05) is 11.1 Å². The lowest BCUT2D eigenvalue weighted by molar-refractivity contribution is -0.113. The number of benzene rings is 1. The van der Waals surface area contributed by atoms with Gasteiger partial charge in [-0.1, -0.05) is 47.1 Å². The summed E-state index contributed by atoms with van der Waals surface area (Å²) in [6.45, 7) is 0. The van der Waals surface area contributed by atoms with Crippen LogP contribution in [0.1, 0.15) is 0 Å². The molecule has 0 radical (unpaired) electrons. The van der Waals surface area contributed by atoms with Crippen LogP contribution in [0.4, 0.5) is 5.82 Å². The maximum atomic E-state index is 12.0. The van der Waals surface area contributed by atoms with Crippen molar-refractivity contribution < 1.29 is 4.79 Å². The molecule has 3 aromatic rings. The fourth-order valence-electron chi connectivity index (χ4n) is 1.94. The Bertz CT molecular complexity index is 977. The second kappa shape index (κ2) is 7.21. The number of aromatic amines is 1. The highest BCUT2D eigenvalue weighted by molar-refractivity contribution is 7.99. The zero-order chi connectivity index (χ0) is 17.1. The van der Waals surface area contributed by atoms with Gasteiger partial charge in [0.1, 0.15) is 0 Å². The number of para-hydroxylation sites is 1. The van der Waals surface area contributed by atoms with Crippen LogP contribution in [-0.4, -0.2) is 26.6 Å². The van der Waals surface area contributed by atoms with Gasteiger partial charge in [-0.25, -0.2) is 9.97 Å². The first-order valence-electron chi connectivity index (χ1n) is 6.75. The number of pyridine rings is 1. The van der Waals surface area contributed by atoms with Gasteiger partial charge in [-0.3, -0.25) is 9.59 Å². The van der Waals surface area contributed by atoms with Crippen molar-refractivity contribution in [2.45, 2.75) is 5.16 Å². The number of H-pyrrole nitrogens is 1. The number of amides is 1. The summed E-state index contributed by atoms with van der Waals surface area (Å²) >= 11 is 12.8. The molecule has 0 spiro atoms. The Morgan fingerprint density at radius 2 is 2.08 bits per heavy atom. The first-order chi connectivity index (χ1) is 11.5. The maximum absolute atomic E-state index is 12.0. The Labute approximate surface area is 150 Å². The molecule has 2 N–H and O–H groups in total. The third kappa shape index (κ3) is 3.87. The summed E-state index contributed by atoms with van der Waals surface area (Å²) in [5.41, 5.74) is 0.331. The first kappa shape index (κ1) is 16.8.